The zero-order chi connectivity index (χ0) is 32.5. The van der Waals surface area contributed by atoms with Crippen LogP contribution in [-0.2, 0) is 27.7 Å². The molecule has 9 atom stereocenters. The molecule has 4 saturated heterocycles. The SMILES string of the molecule is CC=C1CN2CC[C@H]3c4ccccc4N4[C@@H](C(=O)OC)[C@@H]1C[C@@H]2[C@]34C=CC1=COC[C@H]2[C@@H]1C[C@@H]1c3c(c4ccccc4n3C)C[C@H]2N1C. The van der Waals surface area contributed by atoms with Gasteiger partial charge in [-0.2, -0.15) is 0 Å². The van der Waals surface area contributed by atoms with Crippen LogP contribution in [0.1, 0.15) is 55.0 Å². The number of allylic oxidation sites excluding steroid dienone is 3. The first-order valence-electron chi connectivity index (χ1n) is 18.1. The normalized spacial score (nSPS) is 37.2. The molecule has 7 heteroatoms. The third kappa shape index (κ3) is 3.59. The average Bonchev–Trinajstić information content (AvgIpc) is 3.56. The third-order valence-corrected chi connectivity index (χ3v) is 14.0. The molecule has 0 saturated carbocycles. The number of methoxy groups -OCH3 is 1. The Balaban J connectivity index is 1.08. The van der Waals surface area contributed by atoms with E-state index in [9.17, 15) is 4.79 Å². The monoisotopic (exact) mass is 642 g/mol. The summed E-state index contributed by atoms with van der Waals surface area (Å²) in [4.78, 5) is 21.8. The van der Waals surface area contributed by atoms with E-state index in [1.54, 1.807) is 7.11 Å². The lowest BCUT2D eigenvalue weighted by Gasteiger charge is -2.64. The second-order valence-corrected chi connectivity index (χ2v) is 15.5. The lowest BCUT2D eigenvalue weighted by Crippen LogP contribution is -2.75. The summed E-state index contributed by atoms with van der Waals surface area (Å²) in [6.07, 6.45) is 13.5. The maximum Gasteiger partial charge on any atom is 0.329 e. The first-order chi connectivity index (χ1) is 23.5. The van der Waals surface area contributed by atoms with E-state index in [0.717, 1.165) is 45.4 Å². The Morgan fingerprint density at radius 2 is 1.90 bits per heavy atom. The molecule has 3 aromatic rings. The Bertz CT molecular complexity index is 1940. The minimum absolute atomic E-state index is 0.116. The molecule has 0 radical (unpaired) electrons. The molecule has 8 heterocycles. The number of hydrogen-bond donors (Lipinski definition) is 0. The van der Waals surface area contributed by atoms with Crippen molar-refractivity contribution in [2.24, 2.45) is 24.8 Å². The van der Waals surface area contributed by atoms with Gasteiger partial charge in [0.1, 0.15) is 6.04 Å². The van der Waals surface area contributed by atoms with Crippen LogP contribution in [0.15, 0.2) is 84.2 Å². The fourth-order valence-electron chi connectivity index (χ4n) is 12.0. The molecule has 4 bridgehead atoms. The predicted octanol–water partition coefficient (Wildman–Crippen LogP) is 6.12. The number of nitrogens with zero attached hydrogens (tertiary/aromatic N) is 4. The fraction of sp³-hybridized carbons (Fsp3) is 0.488. The summed E-state index contributed by atoms with van der Waals surface area (Å²) in [6, 6.07) is 18.6. The summed E-state index contributed by atoms with van der Waals surface area (Å²) in [5.41, 5.74) is 9.33. The van der Waals surface area contributed by atoms with Crippen molar-refractivity contribution in [3.63, 3.8) is 0 Å². The Kier molecular flexibility index (Phi) is 6.28. The minimum atomic E-state index is -0.342. The highest BCUT2D eigenvalue weighted by molar-refractivity contribution is 5.87. The summed E-state index contributed by atoms with van der Waals surface area (Å²) < 4.78 is 14.5. The van der Waals surface area contributed by atoms with E-state index >= 15 is 0 Å². The molecule has 7 nitrogen and oxygen atoms in total. The van der Waals surface area contributed by atoms with Gasteiger partial charge in [-0.15, -0.1) is 0 Å². The lowest BCUT2D eigenvalue weighted by atomic mass is 9.61. The molecule has 1 aromatic heterocycles. The van der Waals surface area contributed by atoms with Crippen LogP contribution in [0.2, 0.25) is 0 Å². The standard InChI is InChI=1S/C41H46N4O3/c1-5-24-21-44-17-15-32-27-11-7-9-13-34(27)45-39(40(46)47-4)29(24)20-37(44)41(32,45)16-14-25-22-48-23-31-28(25)18-36-38-30(19-35(31)42(36)2)26-10-6-8-12-33(26)43(38)3/h5-14,16,22,28-29,31-32,35-37,39H,15,17-21,23H2,1-4H3/t28-,29-,31+,32+,35-,36-,37-,39-,41+/m1/s1. The van der Waals surface area contributed by atoms with Crippen molar-refractivity contribution >= 4 is 22.6 Å². The number of carbonyl (C=O) groups is 1. The van der Waals surface area contributed by atoms with Gasteiger partial charge in [-0.1, -0.05) is 60.2 Å². The van der Waals surface area contributed by atoms with E-state index in [1.165, 1.54) is 44.6 Å². The van der Waals surface area contributed by atoms with Crippen molar-refractivity contribution in [2.45, 2.75) is 68.2 Å². The van der Waals surface area contributed by atoms with E-state index in [2.05, 4.69) is 113 Å². The van der Waals surface area contributed by atoms with Crippen LogP contribution in [0.4, 0.5) is 5.69 Å². The fourth-order valence-corrected chi connectivity index (χ4v) is 12.0. The number of fused-ring (bicyclic) bond motifs is 12. The van der Waals surface area contributed by atoms with E-state index in [1.807, 2.05) is 0 Å². The lowest BCUT2D eigenvalue weighted by molar-refractivity contribution is -0.146. The van der Waals surface area contributed by atoms with Gasteiger partial charge in [0, 0.05) is 65.7 Å². The molecule has 7 aliphatic heterocycles. The molecular formula is C41H46N4O3. The number of rotatable bonds is 3. The van der Waals surface area contributed by atoms with Gasteiger partial charge in [-0.3, -0.25) is 9.80 Å². The number of anilines is 1. The van der Waals surface area contributed by atoms with E-state index in [-0.39, 0.29) is 23.5 Å². The summed E-state index contributed by atoms with van der Waals surface area (Å²) in [6.45, 7) is 4.93. The number of aryl methyl sites for hydroxylation is 1. The van der Waals surface area contributed by atoms with Gasteiger partial charge in [-0.05, 0) is 81.0 Å². The van der Waals surface area contributed by atoms with Gasteiger partial charge >= 0.3 is 5.97 Å². The Labute approximate surface area is 283 Å². The maximum atomic E-state index is 13.9. The van der Waals surface area contributed by atoms with E-state index < -0.39 is 0 Å². The molecule has 0 amide bonds. The average molecular weight is 643 g/mol. The molecule has 4 fully saturated rings. The number of ether oxygens (including phenoxy) is 2. The topological polar surface area (TPSA) is 50.2 Å². The summed E-state index contributed by atoms with van der Waals surface area (Å²) in [5.74, 6) is 1.21. The number of hydrogen-bond acceptors (Lipinski definition) is 6. The highest BCUT2D eigenvalue weighted by Gasteiger charge is 2.66. The molecule has 248 valence electrons. The summed E-state index contributed by atoms with van der Waals surface area (Å²) in [7, 11) is 6.16. The van der Waals surface area contributed by atoms with Gasteiger partial charge in [0.25, 0.3) is 0 Å². The van der Waals surface area contributed by atoms with E-state index in [0.29, 0.717) is 35.9 Å². The molecule has 7 aliphatic rings. The second-order valence-electron chi connectivity index (χ2n) is 15.5. The zero-order valence-corrected chi connectivity index (χ0v) is 28.5. The van der Waals surface area contributed by atoms with Crippen LogP contribution in [0.3, 0.4) is 0 Å². The minimum Gasteiger partial charge on any atom is -0.501 e. The smallest absolute Gasteiger partial charge is 0.329 e. The zero-order valence-electron chi connectivity index (χ0n) is 28.5. The number of benzene rings is 2. The predicted molar refractivity (Wildman–Crippen MR) is 188 cm³/mol. The Hall–Kier alpha value is -3.81. The first kappa shape index (κ1) is 29.1. The maximum absolute atomic E-state index is 13.9. The largest absolute Gasteiger partial charge is 0.501 e. The molecular weight excluding hydrogens is 596 g/mol. The van der Waals surface area contributed by atoms with Crippen molar-refractivity contribution in [1.29, 1.82) is 0 Å². The molecule has 0 N–H and O–H groups in total. The summed E-state index contributed by atoms with van der Waals surface area (Å²) in [5, 5.41) is 1.42. The highest BCUT2D eigenvalue weighted by atomic mass is 16.5. The van der Waals surface area contributed by atoms with Crippen LogP contribution in [0.25, 0.3) is 10.9 Å². The van der Waals surface area contributed by atoms with Gasteiger partial charge in [0.2, 0.25) is 0 Å². The Morgan fingerprint density at radius 1 is 1.06 bits per heavy atom. The van der Waals surface area contributed by atoms with Crippen LogP contribution >= 0.6 is 0 Å². The first-order valence-corrected chi connectivity index (χ1v) is 18.1. The van der Waals surface area contributed by atoms with Crippen molar-refractivity contribution in [3.8, 4) is 0 Å². The molecule has 2 aromatic carbocycles. The van der Waals surface area contributed by atoms with Crippen molar-refractivity contribution in [3.05, 3.63) is 101 Å². The van der Waals surface area contributed by atoms with Gasteiger partial charge in [0.15, 0.2) is 0 Å². The number of carbonyl (C=O) groups excluding carboxylic acids is 1. The number of esters is 1. The van der Waals surface area contributed by atoms with Crippen LogP contribution in [0.5, 0.6) is 0 Å². The molecule has 0 aliphatic carbocycles. The van der Waals surface area contributed by atoms with Crippen LogP contribution < -0.4 is 4.90 Å². The van der Waals surface area contributed by atoms with Crippen molar-refractivity contribution in [2.75, 3.05) is 38.8 Å². The molecule has 48 heavy (non-hydrogen) atoms. The third-order valence-electron chi connectivity index (χ3n) is 14.0. The van der Waals surface area contributed by atoms with Gasteiger partial charge in [-0.25, -0.2) is 4.79 Å². The summed E-state index contributed by atoms with van der Waals surface area (Å²) >= 11 is 0. The highest BCUT2D eigenvalue weighted by Crippen LogP contribution is 2.62. The molecule has 0 spiro atoms. The number of aromatic nitrogens is 1. The van der Waals surface area contributed by atoms with Crippen LogP contribution in [0, 0.1) is 17.8 Å². The quantitative estimate of drug-likeness (QED) is 0.254. The van der Waals surface area contributed by atoms with E-state index in [4.69, 9.17) is 9.47 Å². The molecule has 10 rings (SSSR count). The van der Waals surface area contributed by atoms with Crippen LogP contribution in [-0.4, -0.2) is 77.9 Å². The van der Waals surface area contributed by atoms with Gasteiger partial charge < -0.3 is 18.9 Å². The number of para-hydroxylation sites is 2. The van der Waals surface area contributed by atoms with Crippen molar-refractivity contribution < 1.29 is 14.3 Å². The van der Waals surface area contributed by atoms with Gasteiger partial charge in [0.05, 0.1) is 31.6 Å². The number of likely N-dealkylation sites (N-methyl/N-ethyl adjacent to an activating group) is 1. The number of piperidine rings is 4. The molecule has 0 unspecified atom stereocenters. The van der Waals surface area contributed by atoms with Crippen molar-refractivity contribution in [1.82, 2.24) is 14.4 Å². The Morgan fingerprint density at radius 3 is 2.75 bits per heavy atom. The second kappa shape index (κ2) is 10.3.